The van der Waals surface area contributed by atoms with Crippen LogP contribution in [0, 0.1) is 0 Å². The second-order valence-electron chi connectivity index (χ2n) is 8.08. The molecule has 0 saturated heterocycles. The van der Waals surface area contributed by atoms with Gasteiger partial charge in [-0.25, -0.2) is 13.4 Å². The number of para-hydroxylation sites is 1. The first-order valence-electron chi connectivity index (χ1n) is 11.1. The minimum atomic E-state index is -3.77. The smallest absolute Gasteiger partial charge is 0.261 e. The molecule has 0 fully saturated rings. The van der Waals surface area contributed by atoms with Gasteiger partial charge in [-0.3, -0.25) is 9.71 Å². The number of hydrogen-bond acceptors (Lipinski definition) is 7. The Morgan fingerprint density at radius 1 is 1.03 bits per heavy atom. The van der Waals surface area contributed by atoms with Gasteiger partial charge in [-0.2, -0.15) is 9.61 Å². The Morgan fingerprint density at radius 2 is 1.81 bits per heavy atom. The Hall–Kier alpha value is -4.22. The third-order valence-corrected chi connectivity index (χ3v) is 7.55. The Balaban J connectivity index is 1.39. The lowest BCUT2D eigenvalue weighted by Gasteiger charge is -2.13. The fourth-order valence-electron chi connectivity index (χ4n) is 3.77. The van der Waals surface area contributed by atoms with Crippen LogP contribution >= 0.6 is 15.9 Å². The van der Waals surface area contributed by atoms with Crippen LogP contribution < -0.4 is 10.0 Å². The predicted octanol–water partition coefficient (Wildman–Crippen LogP) is 5.61. The van der Waals surface area contributed by atoms with E-state index in [1.165, 1.54) is 12.1 Å². The molecular formula is C26H21BrN6O3S. The fourth-order valence-corrected chi connectivity index (χ4v) is 5.17. The highest BCUT2D eigenvalue weighted by atomic mass is 79.9. The van der Waals surface area contributed by atoms with Crippen LogP contribution in [-0.4, -0.2) is 34.8 Å². The zero-order valence-corrected chi connectivity index (χ0v) is 21.7. The van der Waals surface area contributed by atoms with Gasteiger partial charge >= 0.3 is 0 Å². The Morgan fingerprint density at radius 3 is 2.57 bits per heavy atom. The van der Waals surface area contributed by atoms with Crippen molar-refractivity contribution >= 4 is 55.5 Å². The summed E-state index contributed by atoms with van der Waals surface area (Å²) >= 11 is 3.48. The van der Waals surface area contributed by atoms with Gasteiger partial charge in [0.1, 0.15) is 11.6 Å². The van der Waals surface area contributed by atoms with Gasteiger partial charge in [0.05, 0.1) is 26.9 Å². The molecule has 9 nitrogen and oxygen atoms in total. The monoisotopic (exact) mass is 576 g/mol. The number of halogens is 1. The van der Waals surface area contributed by atoms with Crippen molar-refractivity contribution in [2.45, 2.75) is 11.4 Å². The molecule has 2 heterocycles. The van der Waals surface area contributed by atoms with Crippen molar-refractivity contribution in [3.63, 3.8) is 0 Å². The summed E-state index contributed by atoms with van der Waals surface area (Å²) in [5, 5.41) is 18.1. The van der Waals surface area contributed by atoms with E-state index in [1.807, 2.05) is 12.1 Å². The molecule has 0 aliphatic heterocycles. The number of fused-ring (bicyclic) bond motifs is 1. The molecule has 5 rings (SSSR count). The molecule has 2 aromatic heterocycles. The molecule has 0 amide bonds. The highest BCUT2D eigenvalue weighted by molar-refractivity contribution is 9.10. The van der Waals surface area contributed by atoms with Crippen molar-refractivity contribution in [2.24, 2.45) is 4.99 Å². The number of nitrogens with one attached hydrogen (secondary N) is 2. The van der Waals surface area contributed by atoms with Crippen LogP contribution in [-0.2, 0) is 16.6 Å². The van der Waals surface area contributed by atoms with Gasteiger partial charge in [0.25, 0.3) is 10.0 Å². The maximum Gasteiger partial charge on any atom is 0.261 e. The van der Waals surface area contributed by atoms with E-state index in [0.29, 0.717) is 45.1 Å². The topological polar surface area (TPSA) is 121 Å². The molecule has 0 unspecified atom stereocenters. The largest absolute Gasteiger partial charge is 0.507 e. The molecule has 186 valence electrons. The summed E-state index contributed by atoms with van der Waals surface area (Å²) in [7, 11) is -3.77. The predicted molar refractivity (Wildman–Crippen MR) is 148 cm³/mol. The quantitative estimate of drug-likeness (QED) is 0.206. The maximum absolute atomic E-state index is 12.8. The number of aromatic hydroxyl groups is 1. The number of hydrogen-bond donors (Lipinski definition) is 3. The minimum Gasteiger partial charge on any atom is -0.507 e. The van der Waals surface area contributed by atoms with Gasteiger partial charge in [0.2, 0.25) is 0 Å². The minimum absolute atomic E-state index is 0.122. The number of phenolic OH excluding ortho intramolecular Hbond substituents is 1. The SMILES string of the molecule is C=Nc1ccc(S(=O)(=O)Nc2cccc(CNc3cc(-c4ccccc4O)nc4c(Br)cnn34)c2)cc1. The average molecular weight is 577 g/mol. The van der Waals surface area contributed by atoms with Crippen molar-refractivity contribution in [1.29, 1.82) is 0 Å². The van der Waals surface area contributed by atoms with E-state index >= 15 is 0 Å². The Kier molecular flexibility index (Phi) is 6.64. The van der Waals surface area contributed by atoms with E-state index < -0.39 is 10.0 Å². The van der Waals surface area contributed by atoms with Gasteiger partial charge in [0, 0.05) is 23.9 Å². The molecule has 37 heavy (non-hydrogen) atoms. The third kappa shape index (κ3) is 5.18. The molecule has 0 radical (unpaired) electrons. The van der Waals surface area contributed by atoms with Gasteiger partial charge in [-0.05, 0) is 76.7 Å². The first-order valence-corrected chi connectivity index (χ1v) is 13.4. The zero-order chi connectivity index (χ0) is 26.0. The molecule has 5 aromatic rings. The molecule has 0 aliphatic carbocycles. The standard InChI is InChI=1S/C26H21BrN6O3S/c1-28-18-9-11-20(12-10-18)37(35,36)32-19-6-4-5-17(13-19)15-29-25-14-23(21-7-2-3-8-24(21)34)31-26-22(27)16-30-33(25)26/h2-14,16,29,32,34H,1,15H2. The fraction of sp³-hybridized carbons (Fsp3) is 0.0385. The van der Waals surface area contributed by atoms with E-state index in [4.69, 9.17) is 0 Å². The highest BCUT2D eigenvalue weighted by Gasteiger charge is 2.16. The third-order valence-electron chi connectivity index (χ3n) is 5.59. The van der Waals surface area contributed by atoms with Crippen LogP contribution in [0.25, 0.3) is 16.9 Å². The maximum atomic E-state index is 12.8. The van der Waals surface area contributed by atoms with Crippen LogP contribution in [0.3, 0.4) is 0 Å². The van der Waals surface area contributed by atoms with E-state index in [2.05, 4.69) is 47.8 Å². The van der Waals surface area contributed by atoms with E-state index in [9.17, 15) is 13.5 Å². The Labute approximate surface area is 221 Å². The molecule has 3 N–H and O–H groups in total. The number of benzene rings is 3. The summed E-state index contributed by atoms with van der Waals surface area (Å²) in [5.74, 6) is 0.771. The van der Waals surface area contributed by atoms with Crippen molar-refractivity contribution in [1.82, 2.24) is 14.6 Å². The van der Waals surface area contributed by atoms with Crippen molar-refractivity contribution in [3.05, 3.63) is 95.1 Å². The summed E-state index contributed by atoms with van der Waals surface area (Å²) in [4.78, 5) is 8.56. The molecule has 3 aromatic carbocycles. The number of aliphatic imine (C=N–C) groups is 1. The van der Waals surface area contributed by atoms with Crippen LogP contribution in [0.15, 0.2) is 99.4 Å². The normalized spacial score (nSPS) is 11.4. The Bertz CT molecular complexity index is 1720. The van der Waals surface area contributed by atoms with Gasteiger partial charge < -0.3 is 10.4 Å². The van der Waals surface area contributed by atoms with Crippen LogP contribution in [0.2, 0.25) is 0 Å². The van der Waals surface area contributed by atoms with Gasteiger partial charge in [0.15, 0.2) is 5.65 Å². The first-order chi connectivity index (χ1) is 17.8. The molecular weight excluding hydrogens is 556 g/mol. The van der Waals surface area contributed by atoms with E-state index in [0.717, 1.165) is 5.56 Å². The first kappa shape index (κ1) is 24.5. The number of anilines is 2. The van der Waals surface area contributed by atoms with Crippen LogP contribution in [0.4, 0.5) is 17.2 Å². The lowest BCUT2D eigenvalue weighted by molar-refractivity contribution is 0.477. The second kappa shape index (κ2) is 10.0. The van der Waals surface area contributed by atoms with Crippen molar-refractivity contribution in [2.75, 3.05) is 10.0 Å². The number of sulfonamides is 1. The van der Waals surface area contributed by atoms with Crippen LogP contribution in [0.5, 0.6) is 5.75 Å². The summed E-state index contributed by atoms with van der Waals surface area (Å²) in [5.41, 5.74) is 3.62. The zero-order valence-electron chi connectivity index (χ0n) is 19.3. The highest BCUT2D eigenvalue weighted by Crippen LogP contribution is 2.31. The second-order valence-corrected chi connectivity index (χ2v) is 10.6. The van der Waals surface area contributed by atoms with Crippen molar-refractivity contribution in [3.8, 4) is 17.0 Å². The van der Waals surface area contributed by atoms with Crippen molar-refractivity contribution < 1.29 is 13.5 Å². The summed E-state index contributed by atoms with van der Waals surface area (Å²) in [6.07, 6.45) is 1.65. The number of phenols is 1. The molecule has 0 aliphatic rings. The lowest BCUT2D eigenvalue weighted by atomic mass is 10.1. The van der Waals surface area contributed by atoms with E-state index in [-0.39, 0.29) is 10.6 Å². The van der Waals surface area contributed by atoms with Gasteiger partial charge in [-0.15, -0.1) is 0 Å². The average Bonchev–Trinajstić information content (AvgIpc) is 3.28. The summed E-state index contributed by atoms with van der Waals surface area (Å²) in [6.45, 7) is 3.82. The van der Waals surface area contributed by atoms with E-state index in [1.54, 1.807) is 65.3 Å². The number of nitrogens with zero attached hydrogens (tertiary/aromatic N) is 4. The molecule has 0 saturated carbocycles. The molecule has 11 heteroatoms. The van der Waals surface area contributed by atoms with Crippen LogP contribution in [0.1, 0.15) is 5.56 Å². The lowest BCUT2D eigenvalue weighted by Crippen LogP contribution is -2.13. The van der Waals surface area contributed by atoms with Gasteiger partial charge in [-0.1, -0.05) is 24.3 Å². The molecule has 0 spiro atoms. The summed E-state index contributed by atoms with van der Waals surface area (Å²) in [6, 6.07) is 22.0. The summed E-state index contributed by atoms with van der Waals surface area (Å²) < 4.78 is 30.6. The molecule has 0 bridgehead atoms. The molecule has 0 atom stereocenters. The number of rotatable bonds is 8. The number of aromatic nitrogens is 3.